The first-order valence-electron chi connectivity index (χ1n) is 8.02. The van der Waals surface area contributed by atoms with Crippen LogP contribution in [0.3, 0.4) is 0 Å². The first-order chi connectivity index (χ1) is 11.6. The lowest BCUT2D eigenvalue weighted by molar-refractivity contribution is -0.138. The van der Waals surface area contributed by atoms with Crippen molar-refractivity contribution in [1.82, 2.24) is 4.90 Å². The second-order valence-electron chi connectivity index (χ2n) is 6.33. The maximum atomic E-state index is 13.3. The van der Waals surface area contributed by atoms with Crippen molar-refractivity contribution >= 4 is 29.1 Å². The van der Waals surface area contributed by atoms with E-state index in [9.17, 15) is 22.8 Å². The molecule has 1 aromatic rings. The van der Waals surface area contributed by atoms with Crippen LogP contribution in [0.5, 0.6) is 0 Å². The Morgan fingerprint density at radius 2 is 1.88 bits per heavy atom. The van der Waals surface area contributed by atoms with Crippen molar-refractivity contribution in [2.45, 2.75) is 32.9 Å². The molecule has 1 aromatic carbocycles. The van der Waals surface area contributed by atoms with Gasteiger partial charge in [-0.3, -0.25) is 9.59 Å². The predicted molar refractivity (Wildman–Crippen MR) is 89.5 cm³/mol. The number of piperidine rings is 1. The maximum Gasteiger partial charge on any atom is 0.418 e. The van der Waals surface area contributed by atoms with Gasteiger partial charge in [0.2, 0.25) is 11.8 Å². The van der Waals surface area contributed by atoms with Crippen molar-refractivity contribution < 1.29 is 22.8 Å². The minimum Gasteiger partial charge on any atom is -0.341 e. The van der Waals surface area contributed by atoms with Gasteiger partial charge in [-0.15, -0.1) is 0 Å². The summed E-state index contributed by atoms with van der Waals surface area (Å²) in [5, 5.41) is -0.0871. The molecule has 1 fully saturated rings. The van der Waals surface area contributed by atoms with Crippen molar-refractivity contribution in [3.05, 3.63) is 28.8 Å². The molecule has 0 unspecified atom stereocenters. The number of carbonyl (C=O) groups is 2. The van der Waals surface area contributed by atoms with Crippen molar-refractivity contribution in [3.8, 4) is 0 Å². The van der Waals surface area contributed by atoms with Crippen molar-refractivity contribution in [3.63, 3.8) is 0 Å². The van der Waals surface area contributed by atoms with Crippen LogP contribution in [0.1, 0.15) is 32.3 Å². The summed E-state index contributed by atoms with van der Waals surface area (Å²) in [5.41, 5.74) is -1.39. The fourth-order valence-corrected chi connectivity index (χ4v) is 3.00. The average Bonchev–Trinajstić information content (AvgIpc) is 2.52. The van der Waals surface area contributed by atoms with E-state index in [0.717, 1.165) is 36.8 Å². The fourth-order valence-electron chi connectivity index (χ4n) is 2.83. The first-order valence-corrected chi connectivity index (χ1v) is 8.40. The molecule has 1 heterocycles. The highest BCUT2D eigenvalue weighted by Crippen LogP contribution is 2.38. The molecule has 138 valence electrons. The zero-order valence-electron chi connectivity index (χ0n) is 14.1. The molecule has 0 aromatic heterocycles. The Balaban J connectivity index is 2.27. The summed E-state index contributed by atoms with van der Waals surface area (Å²) in [7, 11) is 0. The normalized spacial score (nSPS) is 16.0. The van der Waals surface area contributed by atoms with Crippen LogP contribution in [-0.4, -0.2) is 36.3 Å². The zero-order valence-corrected chi connectivity index (χ0v) is 14.8. The molecule has 2 rings (SSSR count). The Morgan fingerprint density at radius 1 is 1.28 bits per heavy atom. The molecule has 0 aliphatic carbocycles. The summed E-state index contributed by atoms with van der Waals surface area (Å²) in [5.74, 6) is -0.474. The van der Waals surface area contributed by atoms with Gasteiger partial charge in [0, 0.05) is 25.0 Å². The molecule has 1 aliphatic heterocycles. The van der Waals surface area contributed by atoms with Crippen LogP contribution in [0.15, 0.2) is 18.2 Å². The Kier molecular flexibility index (Phi) is 5.98. The van der Waals surface area contributed by atoms with Crippen LogP contribution >= 0.6 is 11.6 Å². The lowest BCUT2D eigenvalue weighted by Gasteiger charge is -2.32. The van der Waals surface area contributed by atoms with Gasteiger partial charge >= 0.3 is 6.18 Å². The topological polar surface area (TPSA) is 40.6 Å². The Morgan fingerprint density at radius 3 is 2.40 bits per heavy atom. The van der Waals surface area contributed by atoms with Gasteiger partial charge in [0.25, 0.3) is 0 Å². The van der Waals surface area contributed by atoms with E-state index in [0.29, 0.717) is 19.0 Å². The van der Waals surface area contributed by atoms with Gasteiger partial charge in [0.05, 0.1) is 11.3 Å². The molecular formula is C17H20ClF3N2O2. The van der Waals surface area contributed by atoms with Gasteiger partial charge in [-0.05, 0) is 37.0 Å². The van der Waals surface area contributed by atoms with E-state index in [1.54, 1.807) is 4.90 Å². The molecule has 0 bridgehead atoms. The standard InChI is InChI=1S/C17H20ClF3N2O2/c1-11-5-7-22(8-6-11)16(25)10-23(12(2)24)15-4-3-13(18)9-14(15)17(19,20)21/h3-4,9,11H,5-8,10H2,1-2H3. The highest BCUT2D eigenvalue weighted by Gasteiger charge is 2.36. The third-order valence-electron chi connectivity index (χ3n) is 4.36. The molecular weight excluding hydrogens is 357 g/mol. The number of benzene rings is 1. The number of halogens is 4. The van der Waals surface area contributed by atoms with Gasteiger partial charge in [0.15, 0.2) is 0 Å². The number of alkyl halides is 3. The minimum atomic E-state index is -4.68. The number of carbonyl (C=O) groups excluding carboxylic acids is 2. The summed E-state index contributed by atoms with van der Waals surface area (Å²) in [4.78, 5) is 26.8. The lowest BCUT2D eigenvalue weighted by Crippen LogP contribution is -2.45. The monoisotopic (exact) mass is 376 g/mol. The van der Waals surface area contributed by atoms with Crippen LogP contribution in [0.2, 0.25) is 5.02 Å². The van der Waals surface area contributed by atoms with Crippen molar-refractivity contribution in [1.29, 1.82) is 0 Å². The van der Waals surface area contributed by atoms with E-state index < -0.39 is 24.2 Å². The molecule has 0 saturated carbocycles. The van der Waals surface area contributed by atoms with Crippen LogP contribution in [0.25, 0.3) is 0 Å². The van der Waals surface area contributed by atoms with E-state index in [2.05, 4.69) is 6.92 Å². The SMILES string of the molecule is CC(=O)N(CC(=O)N1CCC(C)CC1)c1ccc(Cl)cc1C(F)(F)F. The van der Waals surface area contributed by atoms with E-state index in [-0.39, 0.29) is 16.6 Å². The molecule has 4 nitrogen and oxygen atoms in total. The van der Waals surface area contributed by atoms with Gasteiger partial charge in [-0.2, -0.15) is 13.2 Å². The molecule has 8 heteroatoms. The molecule has 0 atom stereocenters. The lowest BCUT2D eigenvalue weighted by atomic mass is 9.99. The summed E-state index contributed by atoms with van der Waals surface area (Å²) in [6, 6.07) is 3.16. The minimum absolute atomic E-state index is 0.0871. The Hall–Kier alpha value is -1.76. The van der Waals surface area contributed by atoms with E-state index >= 15 is 0 Å². The summed E-state index contributed by atoms with van der Waals surface area (Å²) < 4.78 is 39.9. The van der Waals surface area contributed by atoms with Crippen molar-refractivity contribution in [2.75, 3.05) is 24.5 Å². The van der Waals surface area contributed by atoms with Gasteiger partial charge in [0.1, 0.15) is 6.54 Å². The number of amides is 2. The van der Waals surface area contributed by atoms with Crippen LogP contribution in [0, 0.1) is 5.92 Å². The quantitative estimate of drug-likeness (QED) is 0.800. The summed E-state index contributed by atoms with van der Waals surface area (Å²) in [6.45, 7) is 3.92. The molecule has 0 N–H and O–H groups in total. The number of rotatable bonds is 3. The maximum absolute atomic E-state index is 13.3. The molecule has 1 saturated heterocycles. The second-order valence-corrected chi connectivity index (χ2v) is 6.76. The highest BCUT2D eigenvalue weighted by atomic mass is 35.5. The van der Waals surface area contributed by atoms with Crippen LogP contribution in [-0.2, 0) is 15.8 Å². The number of anilines is 1. The van der Waals surface area contributed by atoms with Gasteiger partial charge in [-0.1, -0.05) is 18.5 Å². The molecule has 1 aliphatic rings. The van der Waals surface area contributed by atoms with Crippen LogP contribution in [0.4, 0.5) is 18.9 Å². The molecule has 2 amide bonds. The molecule has 0 spiro atoms. The van der Waals surface area contributed by atoms with E-state index in [1.165, 1.54) is 6.07 Å². The number of hydrogen-bond acceptors (Lipinski definition) is 2. The first kappa shape index (κ1) is 19.6. The van der Waals surface area contributed by atoms with Gasteiger partial charge in [-0.25, -0.2) is 0 Å². The van der Waals surface area contributed by atoms with Crippen LogP contribution < -0.4 is 4.90 Å². The van der Waals surface area contributed by atoms with E-state index in [4.69, 9.17) is 11.6 Å². The number of hydrogen-bond donors (Lipinski definition) is 0. The van der Waals surface area contributed by atoms with E-state index in [1.807, 2.05) is 0 Å². The summed E-state index contributed by atoms with van der Waals surface area (Å²) in [6.07, 6.45) is -2.99. The Bertz CT molecular complexity index is 656. The third-order valence-corrected chi connectivity index (χ3v) is 4.60. The molecule has 25 heavy (non-hydrogen) atoms. The predicted octanol–water partition coefficient (Wildman–Crippen LogP) is 3.97. The average molecular weight is 377 g/mol. The third kappa shape index (κ3) is 4.87. The summed E-state index contributed by atoms with van der Waals surface area (Å²) >= 11 is 5.67. The Labute approximate surface area is 149 Å². The molecule has 0 radical (unpaired) electrons. The highest BCUT2D eigenvalue weighted by molar-refractivity contribution is 6.30. The largest absolute Gasteiger partial charge is 0.418 e. The number of likely N-dealkylation sites (tertiary alicyclic amines) is 1. The fraction of sp³-hybridized carbons (Fsp3) is 0.529. The smallest absolute Gasteiger partial charge is 0.341 e. The number of nitrogens with zero attached hydrogens (tertiary/aromatic N) is 2. The van der Waals surface area contributed by atoms with Gasteiger partial charge < -0.3 is 9.80 Å². The van der Waals surface area contributed by atoms with Crippen molar-refractivity contribution in [2.24, 2.45) is 5.92 Å². The zero-order chi connectivity index (χ0) is 18.8. The second kappa shape index (κ2) is 7.64.